The minimum atomic E-state index is -0.172. The van der Waals surface area contributed by atoms with Crippen LogP contribution in [0.5, 0.6) is 0 Å². The van der Waals surface area contributed by atoms with Crippen molar-refractivity contribution in [2.75, 3.05) is 33.7 Å². The summed E-state index contributed by atoms with van der Waals surface area (Å²) in [6, 6.07) is 0.827. The van der Waals surface area contributed by atoms with Gasteiger partial charge in [-0.3, -0.25) is 9.69 Å². The summed E-state index contributed by atoms with van der Waals surface area (Å²) in [5.41, 5.74) is 5.71. The van der Waals surface area contributed by atoms with Crippen LogP contribution < -0.4 is 11.1 Å². The smallest absolute Gasteiger partial charge is 0.222 e. The van der Waals surface area contributed by atoms with Crippen molar-refractivity contribution in [1.82, 2.24) is 15.1 Å². The second-order valence-electron chi connectivity index (χ2n) is 7.12. The number of hydrogen-bond donors (Lipinski definition) is 2. The molecule has 5 nitrogen and oxygen atoms in total. The lowest BCUT2D eigenvalue weighted by atomic mass is 10.0. The van der Waals surface area contributed by atoms with Gasteiger partial charge in [0.2, 0.25) is 5.91 Å². The maximum Gasteiger partial charge on any atom is 0.222 e. The van der Waals surface area contributed by atoms with Crippen LogP contribution >= 0.6 is 0 Å². The quantitative estimate of drug-likeness (QED) is 0.778. The molecular formula is C15H32N4O. The number of nitrogens with one attached hydrogen (secondary N) is 1. The molecule has 5 heteroatoms. The van der Waals surface area contributed by atoms with E-state index in [-0.39, 0.29) is 17.5 Å². The van der Waals surface area contributed by atoms with Gasteiger partial charge in [0.1, 0.15) is 0 Å². The van der Waals surface area contributed by atoms with Gasteiger partial charge in [0.15, 0.2) is 0 Å². The average Bonchev–Trinajstić information content (AvgIpc) is 2.34. The Kier molecular flexibility index (Phi) is 6.43. The number of nitrogens with zero attached hydrogens (tertiary/aromatic N) is 2. The van der Waals surface area contributed by atoms with E-state index in [9.17, 15) is 4.79 Å². The van der Waals surface area contributed by atoms with Gasteiger partial charge in [0.25, 0.3) is 0 Å². The zero-order valence-corrected chi connectivity index (χ0v) is 13.8. The van der Waals surface area contributed by atoms with Gasteiger partial charge in [-0.15, -0.1) is 0 Å². The summed E-state index contributed by atoms with van der Waals surface area (Å²) < 4.78 is 0. The van der Waals surface area contributed by atoms with Crippen LogP contribution in [0, 0.1) is 0 Å². The van der Waals surface area contributed by atoms with Crippen LogP contribution in [-0.2, 0) is 4.79 Å². The monoisotopic (exact) mass is 284 g/mol. The van der Waals surface area contributed by atoms with E-state index in [1.807, 2.05) is 20.8 Å². The van der Waals surface area contributed by atoms with E-state index in [1.165, 1.54) is 0 Å². The van der Waals surface area contributed by atoms with Crippen molar-refractivity contribution in [3.63, 3.8) is 0 Å². The van der Waals surface area contributed by atoms with Gasteiger partial charge in [-0.05, 0) is 60.8 Å². The SMILES string of the molecule is CN(C)C1CCN(C(CN)CC(=O)NC(C)(C)C)CC1. The summed E-state index contributed by atoms with van der Waals surface area (Å²) in [7, 11) is 4.27. The highest BCUT2D eigenvalue weighted by Crippen LogP contribution is 2.17. The molecule has 1 saturated heterocycles. The maximum absolute atomic E-state index is 12.0. The number of hydrogen-bond acceptors (Lipinski definition) is 4. The van der Waals surface area contributed by atoms with E-state index in [4.69, 9.17) is 5.73 Å². The van der Waals surface area contributed by atoms with Gasteiger partial charge < -0.3 is 16.0 Å². The van der Waals surface area contributed by atoms with Crippen molar-refractivity contribution in [2.24, 2.45) is 5.73 Å². The summed E-state index contributed by atoms with van der Waals surface area (Å²) in [6.07, 6.45) is 2.81. The summed E-state index contributed by atoms with van der Waals surface area (Å²) >= 11 is 0. The molecule has 0 aromatic heterocycles. The third-order valence-electron chi connectivity index (χ3n) is 3.95. The lowest BCUT2D eigenvalue weighted by molar-refractivity contribution is -0.123. The number of amides is 1. The van der Waals surface area contributed by atoms with E-state index in [0.29, 0.717) is 19.0 Å². The van der Waals surface area contributed by atoms with Gasteiger partial charge in [0.05, 0.1) is 0 Å². The van der Waals surface area contributed by atoms with Crippen LogP contribution in [0.2, 0.25) is 0 Å². The highest BCUT2D eigenvalue weighted by molar-refractivity contribution is 5.77. The predicted molar refractivity (Wildman–Crippen MR) is 83.6 cm³/mol. The van der Waals surface area contributed by atoms with Gasteiger partial charge in [-0.25, -0.2) is 0 Å². The Morgan fingerprint density at radius 2 is 1.90 bits per heavy atom. The van der Waals surface area contributed by atoms with Crippen LogP contribution in [0.25, 0.3) is 0 Å². The van der Waals surface area contributed by atoms with Crippen LogP contribution in [0.1, 0.15) is 40.0 Å². The molecular weight excluding hydrogens is 252 g/mol. The first kappa shape index (κ1) is 17.4. The molecule has 1 fully saturated rings. The van der Waals surface area contributed by atoms with E-state index < -0.39 is 0 Å². The molecule has 0 saturated carbocycles. The topological polar surface area (TPSA) is 61.6 Å². The molecule has 0 bridgehead atoms. The molecule has 1 heterocycles. The predicted octanol–water partition coefficient (Wildman–Crippen LogP) is 0.645. The Morgan fingerprint density at radius 1 is 1.35 bits per heavy atom. The van der Waals surface area contributed by atoms with Crippen molar-refractivity contribution in [1.29, 1.82) is 0 Å². The number of rotatable bonds is 5. The van der Waals surface area contributed by atoms with Crippen molar-refractivity contribution >= 4 is 5.91 Å². The number of nitrogens with two attached hydrogens (primary N) is 1. The second kappa shape index (κ2) is 7.38. The Balaban J connectivity index is 2.45. The first-order chi connectivity index (χ1) is 9.23. The molecule has 1 aliphatic rings. The highest BCUT2D eigenvalue weighted by atomic mass is 16.1. The summed E-state index contributed by atoms with van der Waals surface area (Å²) in [6.45, 7) is 8.63. The largest absolute Gasteiger partial charge is 0.351 e. The average molecular weight is 284 g/mol. The van der Waals surface area contributed by atoms with Crippen molar-refractivity contribution < 1.29 is 4.79 Å². The normalized spacial score (nSPS) is 20.1. The zero-order valence-electron chi connectivity index (χ0n) is 13.8. The standard InChI is InChI=1S/C15H32N4O/c1-15(2,3)17-14(20)10-13(11-16)19-8-6-12(7-9-19)18(4)5/h12-13H,6-11,16H2,1-5H3,(H,17,20). The van der Waals surface area contributed by atoms with Gasteiger partial charge in [0, 0.05) is 30.6 Å². The summed E-state index contributed by atoms with van der Waals surface area (Å²) in [4.78, 5) is 16.7. The molecule has 0 spiro atoms. The fourth-order valence-electron chi connectivity index (χ4n) is 2.81. The fraction of sp³-hybridized carbons (Fsp3) is 0.933. The molecule has 1 rings (SSSR count). The van der Waals surface area contributed by atoms with Crippen LogP contribution in [0.3, 0.4) is 0 Å². The third kappa shape index (κ3) is 5.77. The van der Waals surface area contributed by atoms with Crippen LogP contribution in [-0.4, -0.2) is 67.1 Å². The summed E-state index contributed by atoms with van der Waals surface area (Å²) in [5.74, 6) is 0.0997. The molecule has 3 N–H and O–H groups in total. The zero-order chi connectivity index (χ0) is 15.3. The minimum Gasteiger partial charge on any atom is -0.351 e. The van der Waals surface area contributed by atoms with E-state index >= 15 is 0 Å². The Morgan fingerprint density at radius 3 is 2.30 bits per heavy atom. The molecule has 1 aliphatic heterocycles. The highest BCUT2D eigenvalue weighted by Gasteiger charge is 2.27. The van der Waals surface area contributed by atoms with Gasteiger partial charge >= 0.3 is 0 Å². The van der Waals surface area contributed by atoms with Crippen LogP contribution in [0.15, 0.2) is 0 Å². The molecule has 0 aromatic rings. The Bertz CT molecular complexity index is 303. The fourth-order valence-corrected chi connectivity index (χ4v) is 2.81. The lowest BCUT2D eigenvalue weighted by Crippen LogP contribution is -2.51. The molecule has 0 radical (unpaired) electrons. The number of likely N-dealkylation sites (tertiary alicyclic amines) is 1. The van der Waals surface area contributed by atoms with Gasteiger partial charge in [-0.2, -0.15) is 0 Å². The molecule has 118 valence electrons. The number of carbonyl (C=O) groups is 1. The number of piperidine rings is 1. The molecule has 0 aliphatic carbocycles. The molecule has 1 unspecified atom stereocenters. The lowest BCUT2D eigenvalue weighted by Gasteiger charge is -2.39. The molecule has 1 amide bonds. The van der Waals surface area contributed by atoms with E-state index in [2.05, 4.69) is 29.2 Å². The van der Waals surface area contributed by atoms with E-state index in [1.54, 1.807) is 0 Å². The van der Waals surface area contributed by atoms with Crippen molar-refractivity contribution in [2.45, 2.75) is 57.7 Å². The van der Waals surface area contributed by atoms with Gasteiger partial charge in [-0.1, -0.05) is 0 Å². The molecule has 20 heavy (non-hydrogen) atoms. The third-order valence-corrected chi connectivity index (χ3v) is 3.95. The second-order valence-corrected chi connectivity index (χ2v) is 7.12. The molecule has 1 atom stereocenters. The Labute approximate surface area is 123 Å². The first-order valence-electron chi connectivity index (χ1n) is 7.64. The Hall–Kier alpha value is -0.650. The maximum atomic E-state index is 12.0. The number of carbonyl (C=O) groups excluding carboxylic acids is 1. The minimum absolute atomic E-state index is 0.0997. The van der Waals surface area contributed by atoms with Crippen molar-refractivity contribution in [3.05, 3.63) is 0 Å². The van der Waals surface area contributed by atoms with Crippen molar-refractivity contribution in [3.8, 4) is 0 Å². The molecule has 0 aromatic carbocycles. The summed E-state index contributed by atoms with van der Waals surface area (Å²) in [5, 5.41) is 3.02. The van der Waals surface area contributed by atoms with Crippen LogP contribution in [0.4, 0.5) is 0 Å². The first-order valence-corrected chi connectivity index (χ1v) is 7.64. The van der Waals surface area contributed by atoms with E-state index in [0.717, 1.165) is 25.9 Å².